The van der Waals surface area contributed by atoms with Gasteiger partial charge in [-0.2, -0.15) is 4.31 Å². The van der Waals surface area contributed by atoms with Gasteiger partial charge >= 0.3 is 0 Å². The molecule has 2 heterocycles. The minimum atomic E-state index is -3.56. The van der Waals surface area contributed by atoms with Crippen LogP contribution in [0.1, 0.15) is 41.7 Å². The summed E-state index contributed by atoms with van der Waals surface area (Å²) in [5.41, 5.74) is 1.88. The predicted molar refractivity (Wildman–Crippen MR) is 105 cm³/mol. The van der Waals surface area contributed by atoms with Crippen LogP contribution in [0.2, 0.25) is 0 Å². The molecule has 0 spiro atoms. The van der Waals surface area contributed by atoms with Gasteiger partial charge in [-0.25, -0.2) is 12.8 Å². The van der Waals surface area contributed by atoms with Crippen LogP contribution >= 0.6 is 0 Å². The summed E-state index contributed by atoms with van der Waals surface area (Å²) in [5.74, 6) is 0.450. The van der Waals surface area contributed by atoms with Crippen LogP contribution in [0, 0.1) is 12.7 Å². The van der Waals surface area contributed by atoms with Gasteiger partial charge in [0.25, 0.3) is 0 Å². The SMILES string of the molecule is Cc1ccc(S(=O)(=O)N2CCCC(c3nnc(Cc4ccc(F)cc4)o3)C2)cc1. The van der Waals surface area contributed by atoms with Crippen molar-refractivity contribution in [3.05, 3.63) is 77.3 Å². The Balaban J connectivity index is 1.48. The van der Waals surface area contributed by atoms with E-state index in [2.05, 4.69) is 10.2 Å². The molecule has 152 valence electrons. The van der Waals surface area contributed by atoms with Crippen molar-refractivity contribution >= 4 is 10.0 Å². The van der Waals surface area contributed by atoms with Crippen molar-refractivity contribution in [2.24, 2.45) is 0 Å². The Morgan fingerprint density at radius 3 is 2.55 bits per heavy atom. The Labute approximate surface area is 169 Å². The van der Waals surface area contributed by atoms with Crippen LogP contribution < -0.4 is 0 Å². The van der Waals surface area contributed by atoms with Gasteiger partial charge in [0.1, 0.15) is 5.82 Å². The molecular weight excluding hydrogens is 393 g/mol. The first-order valence-electron chi connectivity index (χ1n) is 9.55. The van der Waals surface area contributed by atoms with E-state index in [4.69, 9.17) is 4.42 Å². The number of halogens is 1. The molecular formula is C21H22FN3O3S. The molecule has 3 aromatic rings. The Kier molecular flexibility index (Phi) is 5.47. The first kappa shape index (κ1) is 19.7. The maximum absolute atomic E-state index is 13.0. The number of hydrogen-bond acceptors (Lipinski definition) is 5. The molecule has 1 aliphatic rings. The third-order valence-electron chi connectivity index (χ3n) is 5.14. The van der Waals surface area contributed by atoms with E-state index in [9.17, 15) is 12.8 Å². The normalized spacial score (nSPS) is 18.1. The number of piperidine rings is 1. The lowest BCUT2D eigenvalue weighted by Crippen LogP contribution is -2.39. The summed E-state index contributed by atoms with van der Waals surface area (Å²) < 4.78 is 46.3. The molecule has 8 heteroatoms. The lowest BCUT2D eigenvalue weighted by atomic mass is 10.00. The second kappa shape index (κ2) is 8.04. The topological polar surface area (TPSA) is 76.3 Å². The second-order valence-electron chi connectivity index (χ2n) is 7.35. The lowest BCUT2D eigenvalue weighted by Gasteiger charge is -2.30. The molecule has 0 N–H and O–H groups in total. The number of sulfonamides is 1. The number of hydrogen-bond donors (Lipinski definition) is 0. The maximum Gasteiger partial charge on any atom is 0.243 e. The highest BCUT2D eigenvalue weighted by molar-refractivity contribution is 7.89. The van der Waals surface area contributed by atoms with Crippen molar-refractivity contribution in [3.8, 4) is 0 Å². The lowest BCUT2D eigenvalue weighted by molar-refractivity contribution is 0.281. The second-order valence-corrected chi connectivity index (χ2v) is 9.29. The summed E-state index contributed by atoms with van der Waals surface area (Å²) in [6.45, 7) is 2.71. The standard InChI is InChI=1S/C21H22FN3O3S/c1-15-4-10-19(11-5-15)29(26,27)25-12-2-3-17(14-25)21-24-23-20(28-21)13-16-6-8-18(22)9-7-16/h4-11,17H,2-3,12-14H2,1H3. The third-order valence-corrected chi connectivity index (χ3v) is 7.02. The largest absolute Gasteiger partial charge is 0.425 e. The fraction of sp³-hybridized carbons (Fsp3) is 0.333. The molecule has 1 unspecified atom stereocenters. The minimum absolute atomic E-state index is 0.140. The number of benzene rings is 2. The Morgan fingerprint density at radius 1 is 1.10 bits per heavy atom. The molecule has 29 heavy (non-hydrogen) atoms. The van der Waals surface area contributed by atoms with Crippen LogP contribution in [0.15, 0.2) is 57.8 Å². The van der Waals surface area contributed by atoms with E-state index in [1.165, 1.54) is 16.4 Å². The molecule has 1 fully saturated rings. The van der Waals surface area contributed by atoms with E-state index in [1.807, 2.05) is 6.92 Å². The fourth-order valence-corrected chi connectivity index (χ4v) is 5.03. The highest BCUT2D eigenvalue weighted by Crippen LogP contribution is 2.30. The minimum Gasteiger partial charge on any atom is -0.425 e. The molecule has 4 rings (SSSR count). The highest BCUT2D eigenvalue weighted by atomic mass is 32.2. The zero-order valence-corrected chi connectivity index (χ0v) is 16.9. The summed E-state index contributed by atoms with van der Waals surface area (Å²) in [7, 11) is -3.56. The van der Waals surface area contributed by atoms with Crippen LogP contribution in [-0.4, -0.2) is 36.0 Å². The van der Waals surface area contributed by atoms with Crippen molar-refractivity contribution in [1.29, 1.82) is 0 Å². The monoisotopic (exact) mass is 415 g/mol. The van der Waals surface area contributed by atoms with E-state index >= 15 is 0 Å². The molecule has 1 aliphatic heterocycles. The molecule has 2 aromatic carbocycles. The number of aromatic nitrogens is 2. The first-order chi connectivity index (χ1) is 13.9. The van der Waals surface area contributed by atoms with Crippen molar-refractivity contribution < 1.29 is 17.2 Å². The van der Waals surface area contributed by atoms with E-state index < -0.39 is 10.0 Å². The van der Waals surface area contributed by atoms with Crippen LogP contribution in [0.3, 0.4) is 0 Å². The van der Waals surface area contributed by atoms with Gasteiger partial charge in [0, 0.05) is 13.1 Å². The van der Waals surface area contributed by atoms with Crippen LogP contribution in [0.25, 0.3) is 0 Å². The maximum atomic E-state index is 13.0. The van der Waals surface area contributed by atoms with E-state index in [0.717, 1.165) is 24.0 Å². The molecule has 1 atom stereocenters. The zero-order chi connectivity index (χ0) is 20.4. The van der Waals surface area contributed by atoms with Crippen molar-refractivity contribution in [2.45, 2.75) is 37.0 Å². The molecule has 1 aromatic heterocycles. The summed E-state index contributed by atoms with van der Waals surface area (Å²) in [5, 5.41) is 8.23. The predicted octanol–water partition coefficient (Wildman–Crippen LogP) is 3.68. The van der Waals surface area contributed by atoms with Gasteiger partial charge in [-0.3, -0.25) is 0 Å². The van der Waals surface area contributed by atoms with Gasteiger partial charge in [0.15, 0.2) is 0 Å². The summed E-state index contributed by atoms with van der Waals surface area (Å²) in [6, 6.07) is 13.0. The Bertz CT molecular complexity index is 1080. The van der Waals surface area contributed by atoms with Crippen molar-refractivity contribution in [1.82, 2.24) is 14.5 Å². The first-order valence-corrected chi connectivity index (χ1v) is 11.0. The van der Waals surface area contributed by atoms with Crippen molar-refractivity contribution in [2.75, 3.05) is 13.1 Å². The van der Waals surface area contributed by atoms with Gasteiger partial charge in [-0.1, -0.05) is 29.8 Å². The molecule has 0 bridgehead atoms. The van der Waals surface area contributed by atoms with Gasteiger partial charge < -0.3 is 4.42 Å². The number of aryl methyl sites for hydroxylation is 1. The Morgan fingerprint density at radius 2 is 1.83 bits per heavy atom. The average molecular weight is 415 g/mol. The number of nitrogens with zero attached hydrogens (tertiary/aromatic N) is 3. The molecule has 0 radical (unpaired) electrons. The molecule has 0 amide bonds. The smallest absolute Gasteiger partial charge is 0.243 e. The average Bonchev–Trinajstić information content (AvgIpc) is 3.19. The van der Waals surface area contributed by atoms with Crippen LogP contribution in [0.5, 0.6) is 0 Å². The fourth-order valence-electron chi connectivity index (χ4n) is 3.50. The van der Waals surface area contributed by atoms with E-state index in [0.29, 0.717) is 36.2 Å². The summed E-state index contributed by atoms with van der Waals surface area (Å²) in [6.07, 6.45) is 1.93. The Hall–Kier alpha value is -2.58. The van der Waals surface area contributed by atoms with E-state index in [1.54, 1.807) is 36.4 Å². The quantitative estimate of drug-likeness (QED) is 0.635. The molecule has 6 nitrogen and oxygen atoms in total. The number of rotatable bonds is 5. The van der Waals surface area contributed by atoms with Gasteiger partial charge in [0.2, 0.25) is 21.8 Å². The van der Waals surface area contributed by atoms with Gasteiger partial charge in [0.05, 0.1) is 17.2 Å². The molecule has 0 aliphatic carbocycles. The molecule has 1 saturated heterocycles. The van der Waals surface area contributed by atoms with Crippen molar-refractivity contribution in [3.63, 3.8) is 0 Å². The summed E-state index contributed by atoms with van der Waals surface area (Å²) in [4.78, 5) is 0.297. The van der Waals surface area contributed by atoms with Crippen LogP contribution in [0.4, 0.5) is 4.39 Å². The van der Waals surface area contributed by atoms with Crippen LogP contribution in [-0.2, 0) is 16.4 Å². The van der Waals surface area contributed by atoms with E-state index in [-0.39, 0.29) is 11.7 Å². The highest BCUT2D eigenvalue weighted by Gasteiger charge is 2.33. The summed E-state index contributed by atoms with van der Waals surface area (Å²) >= 11 is 0. The third kappa shape index (κ3) is 4.38. The zero-order valence-electron chi connectivity index (χ0n) is 16.1. The van der Waals surface area contributed by atoms with Gasteiger partial charge in [-0.05, 0) is 49.6 Å². The molecule has 0 saturated carbocycles. The van der Waals surface area contributed by atoms with Gasteiger partial charge in [-0.15, -0.1) is 10.2 Å².